The second-order valence-corrected chi connectivity index (χ2v) is 8.88. The Labute approximate surface area is 197 Å². The second kappa shape index (κ2) is 8.62. The van der Waals surface area contributed by atoms with E-state index in [1.807, 2.05) is 53.3 Å². The van der Waals surface area contributed by atoms with Crippen LogP contribution in [0, 0.1) is 0 Å². The smallest absolute Gasteiger partial charge is 0.313 e. The Morgan fingerprint density at radius 2 is 1.94 bits per heavy atom. The van der Waals surface area contributed by atoms with Gasteiger partial charge in [0.25, 0.3) is 0 Å². The molecule has 1 aliphatic carbocycles. The Kier molecular flexibility index (Phi) is 5.49. The van der Waals surface area contributed by atoms with E-state index in [2.05, 4.69) is 15.3 Å². The average Bonchev–Trinajstić information content (AvgIpc) is 3.60. The molecule has 8 nitrogen and oxygen atoms in total. The SMILES string of the molecule is CC(C)(C(=O)O)c1cccc(Nc2cc(Oc3cn(C4CC4)nc3-c3ccccn3)ccn2)c1. The monoisotopic (exact) mass is 455 g/mol. The molecule has 0 saturated heterocycles. The molecule has 0 bridgehead atoms. The minimum Gasteiger partial charge on any atom is -0.481 e. The fourth-order valence-corrected chi connectivity index (χ4v) is 3.58. The Hall–Kier alpha value is -4.20. The summed E-state index contributed by atoms with van der Waals surface area (Å²) in [4.78, 5) is 20.4. The number of aromatic nitrogens is 4. The van der Waals surface area contributed by atoms with Crippen LogP contribution in [-0.2, 0) is 10.2 Å². The number of hydrogen-bond acceptors (Lipinski definition) is 6. The highest BCUT2D eigenvalue weighted by atomic mass is 16.5. The summed E-state index contributed by atoms with van der Waals surface area (Å²) in [6, 6.07) is 17.0. The molecule has 1 aliphatic rings. The maximum absolute atomic E-state index is 11.6. The summed E-state index contributed by atoms with van der Waals surface area (Å²) < 4.78 is 8.18. The number of hydrogen-bond donors (Lipinski definition) is 2. The molecule has 34 heavy (non-hydrogen) atoms. The van der Waals surface area contributed by atoms with Gasteiger partial charge in [-0.3, -0.25) is 14.5 Å². The largest absolute Gasteiger partial charge is 0.481 e. The standard InChI is InChI=1S/C26H25N5O3/c1-26(2,25(32)33)17-6-5-7-18(14-17)29-23-15-20(11-13-28-23)34-22-16-31(19-9-10-19)30-24(22)21-8-3-4-12-27-21/h3-8,11-16,19H,9-10H2,1-2H3,(H,28,29)(H,32,33). The Bertz CT molecular complexity index is 1330. The zero-order valence-electron chi connectivity index (χ0n) is 19.0. The van der Waals surface area contributed by atoms with Gasteiger partial charge in [-0.2, -0.15) is 5.10 Å². The van der Waals surface area contributed by atoms with Crippen molar-refractivity contribution in [2.24, 2.45) is 0 Å². The summed E-state index contributed by atoms with van der Waals surface area (Å²) in [6.07, 6.45) is 7.55. The summed E-state index contributed by atoms with van der Waals surface area (Å²) in [7, 11) is 0. The zero-order valence-corrected chi connectivity index (χ0v) is 19.0. The second-order valence-electron chi connectivity index (χ2n) is 8.88. The predicted octanol–water partition coefficient (Wildman–Crippen LogP) is 5.57. The lowest BCUT2D eigenvalue weighted by molar-refractivity contribution is -0.142. The van der Waals surface area contributed by atoms with Crippen molar-refractivity contribution < 1.29 is 14.6 Å². The minimum absolute atomic E-state index is 0.414. The number of carboxylic acid groups (broad SMARTS) is 1. The number of rotatable bonds is 8. The maximum atomic E-state index is 11.6. The predicted molar refractivity (Wildman–Crippen MR) is 128 cm³/mol. The minimum atomic E-state index is -1.00. The number of carboxylic acids is 1. The van der Waals surface area contributed by atoms with Crippen LogP contribution in [0.5, 0.6) is 11.5 Å². The Morgan fingerprint density at radius 3 is 2.68 bits per heavy atom. The van der Waals surface area contributed by atoms with E-state index in [1.54, 1.807) is 38.4 Å². The van der Waals surface area contributed by atoms with Gasteiger partial charge in [-0.05, 0) is 62.6 Å². The van der Waals surface area contributed by atoms with E-state index in [-0.39, 0.29) is 0 Å². The van der Waals surface area contributed by atoms with Crippen LogP contribution in [0.25, 0.3) is 11.4 Å². The van der Waals surface area contributed by atoms with Crippen LogP contribution in [0.3, 0.4) is 0 Å². The van der Waals surface area contributed by atoms with Gasteiger partial charge in [0, 0.05) is 24.1 Å². The molecule has 1 aromatic carbocycles. The highest BCUT2D eigenvalue weighted by molar-refractivity contribution is 5.81. The van der Waals surface area contributed by atoms with E-state index in [1.165, 1.54) is 0 Å². The Morgan fingerprint density at radius 1 is 1.09 bits per heavy atom. The number of anilines is 2. The third-order valence-corrected chi connectivity index (χ3v) is 5.88. The molecule has 4 aromatic rings. The molecule has 2 N–H and O–H groups in total. The van der Waals surface area contributed by atoms with Crippen LogP contribution in [0.1, 0.15) is 38.3 Å². The third-order valence-electron chi connectivity index (χ3n) is 5.88. The molecule has 1 fully saturated rings. The molecule has 0 aliphatic heterocycles. The molecule has 0 spiro atoms. The summed E-state index contributed by atoms with van der Waals surface area (Å²) in [6.45, 7) is 3.37. The zero-order chi connectivity index (χ0) is 23.7. The first kappa shape index (κ1) is 21.6. The van der Waals surface area contributed by atoms with Crippen LogP contribution in [-0.4, -0.2) is 30.8 Å². The molecule has 0 radical (unpaired) electrons. The van der Waals surface area contributed by atoms with Crippen LogP contribution in [0.2, 0.25) is 0 Å². The van der Waals surface area contributed by atoms with Gasteiger partial charge >= 0.3 is 5.97 Å². The molecule has 8 heteroatoms. The van der Waals surface area contributed by atoms with Crippen molar-refractivity contribution in [3.8, 4) is 22.9 Å². The molecule has 0 unspecified atom stereocenters. The van der Waals surface area contributed by atoms with Crippen LogP contribution in [0.4, 0.5) is 11.5 Å². The van der Waals surface area contributed by atoms with Gasteiger partial charge in [-0.25, -0.2) is 4.98 Å². The van der Waals surface area contributed by atoms with E-state index in [0.717, 1.165) is 24.2 Å². The molecule has 5 rings (SSSR count). The number of ether oxygens (including phenoxy) is 1. The molecule has 3 aromatic heterocycles. The van der Waals surface area contributed by atoms with Gasteiger partial charge in [0.15, 0.2) is 11.4 Å². The quantitative estimate of drug-likeness (QED) is 0.358. The van der Waals surface area contributed by atoms with E-state index < -0.39 is 11.4 Å². The summed E-state index contributed by atoms with van der Waals surface area (Å²) in [5.74, 6) is 0.936. The van der Waals surface area contributed by atoms with Crippen molar-refractivity contribution in [3.05, 3.63) is 78.8 Å². The van der Waals surface area contributed by atoms with E-state index >= 15 is 0 Å². The van der Waals surface area contributed by atoms with Crippen LogP contribution in [0.15, 0.2) is 73.2 Å². The molecule has 1 saturated carbocycles. The molecular weight excluding hydrogens is 430 g/mol. The average molecular weight is 456 g/mol. The summed E-state index contributed by atoms with van der Waals surface area (Å²) >= 11 is 0. The molecular formula is C26H25N5O3. The van der Waals surface area contributed by atoms with Crippen LogP contribution >= 0.6 is 0 Å². The molecule has 0 atom stereocenters. The van der Waals surface area contributed by atoms with Gasteiger partial charge in [-0.1, -0.05) is 18.2 Å². The number of carbonyl (C=O) groups is 1. The fourth-order valence-electron chi connectivity index (χ4n) is 3.58. The highest BCUT2D eigenvalue weighted by Crippen LogP contribution is 2.39. The van der Waals surface area contributed by atoms with Gasteiger partial charge in [0.2, 0.25) is 0 Å². The van der Waals surface area contributed by atoms with E-state index in [9.17, 15) is 9.90 Å². The normalized spacial score (nSPS) is 13.5. The highest BCUT2D eigenvalue weighted by Gasteiger charge is 2.29. The van der Waals surface area contributed by atoms with E-state index in [4.69, 9.17) is 9.84 Å². The lowest BCUT2D eigenvalue weighted by Gasteiger charge is -2.20. The molecule has 3 heterocycles. The van der Waals surface area contributed by atoms with Crippen molar-refractivity contribution in [3.63, 3.8) is 0 Å². The lowest BCUT2D eigenvalue weighted by atomic mass is 9.84. The maximum Gasteiger partial charge on any atom is 0.313 e. The number of nitrogens with zero attached hydrogens (tertiary/aromatic N) is 4. The van der Waals surface area contributed by atoms with Gasteiger partial charge in [0.1, 0.15) is 11.6 Å². The van der Waals surface area contributed by atoms with Crippen molar-refractivity contribution in [2.45, 2.75) is 38.1 Å². The number of pyridine rings is 2. The first-order valence-corrected chi connectivity index (χ1v) is 11.2. The van der Waals surface area contributed by atoms with Gasteiger partial charge in [-0.15, -0.1) is 0 Å². The van der Waals surface area contributed by atoms with Crippen LogP contribution < -0.4 is 10.1 Å². The number of benzene rings is 1. The first-order chi connectivity index (χ1) is 16.4. The molecule has 172 valence electrons. The Balaban J connectivity index is 1.39. The lowest BCUT2D eigenvalue weighted by Crippen LogP contribution is -2.28. The third kappa shape index (κ3) is 4.47. The van der Waals surface area contributed by atoms with Gasteiger partial charge in [0.05, 0.1) is 23.3 Å². The van der Waals surface area contributed by atoms with Crippen molar-refractivity contribution in [1.29, 1.82) is 0 Å². The van der Waals surface area contributed by atoms with Crippen molar-refractivity contribution >= 4 is 17.5 Å². The van der Waals surface area contributed by atoms with Crippen molar-refractivity contribution in [1.82, 2.24) is 19.7 Å². The molecule has 0 amide bonds. The fraction of sp³-hybridized carbons (Fsp3) is 0.231. The topological polar surface area (TPSA) is 102 Å². The number of nitrogens with one attached hydrogen (secondary N) is 1. The summed E-state index contributed by atoms with van der Waals surface area (Å²) in [5, 5.41) is 17.5. The summed E-state index contributed by atoms with van der Waals surface area (Å²) in [5.41, 5.74) is 1.89. The first-order valence-electron chi connectivity index (χ1n) is 11.2. The van der Waals surface area contributed by atoms with Gasteiger partial charge < -0.3 is 15.2 Å². The number of aliphatic carboxylic acids is 1. The van der Waals surface area contributed by atoms with E-state index in [0.29, 0.717) is 34.6 Å². The van der Waals surface area contributed by atoms with Crippen molar-refractivity contribution in [2.75, 3.05) is 5.32 Å².